The molecule has 0 spiro atoms. The molecule has 0 unspecified atom stereocenters. The number of hydrogen-bond donors (Lipinski definition) is 0. The first-order valence-corrected chi connectivity index (χ1v) is 7.49. The second kappa shape index (κ2) is 5.52. The minimum atomic E-state index is -0.610. The molecule has 1 aromatic rings. The number of ether oxygens (including phenoxy) is 3. The molecule has 3 rings (SSSR count). The smallest absolute Gasteiger partial charge is 0.343 e. The molecule has 0 aliphatic carbocycles. The average molecular weight is 306 g/mol. The Labute approximate surface area is 130 Å². The Hall–Kier alpha value is -1.66. The highest BCUT2D eigenvalue weighted by Gasteiger charge is 2.43. The Kier molecular flexibility index (Phi) is 3.82. The van der Waals surface area contributed by atoms with Crippen molar-refractivity contribution >= 4 is 11.8 Å². The molecule has 120 valence electrons. The maximum atomic E-state index is 12.3. The lowest BCUT2D eigenvalue weighted by molar-refractivity contribution is 0.00956. The number of nitrogens with zero attached hydrogens (tertiary/aromatic N) is 2. The summed E-state index contributed by atoms with van der Waals surface area (Å²) in [6, 6.07) is 2.00. The maximum Gasteiger partial charge on any atom is 0.343 e. The van der Waals surface area contributed by atoms with Crippen molar-refractivity contribution in [2.45, 2.75) is 38.0 Å². The molecule has 1 aromatic heterocycles. The quantitative estimate of drug-likeness (QED) is 0.790. The number of cyclic esters (lactones) is 1. The van der Waals surface area contributed by atoms with Gasteiger partial charge in [0, 0.05) is 32.5 Å². The van der Waals surface area contributed by atoms with Crippen LogP contribution in [0.3, 0.4) is 0 Å². The fourth-order valence-corrected chi connectivity index (χ4v) is 3.36. The van der Waals surface area contributed by atoms with E-state index in [1.54, 1.807) is 20.4 Å². The van der Waals surface area contributed by atoms with Crippen molar-refractivity contribution in [3.05, 3.63) is 23.4 Å². The second-order valence-corrected chi connectivity index (χ2v) is 6.31. The van der Waals surface area contributed by atoms with Crippen LogP contribution in [0.25, 0.3) is 0 Å². The third-order valence-corrected chi connectivity index (χ3v) is 4.47. The molecule has 0 saturated carbocycles. The van der Waals surface area contributed by atoms with Crippen LogP contribution in [0.2, 0.25) is 0 Å². The van der Waals surface area contributed by atoms with Gasteiger partial charge in [-0.1, -0.05) is 0 Å². The van der Waals surface area contributed by atoms with E-state index in [1.165, 1.54) is 0 Å². The van der Waals surface area contributed by atoms with E-state index in [-0.39, 0.29) is 18.1 Å². The zero-order valence-corrected chi connectivity index (χ0v) is 13.5. The van der Waals surface area contributed by atoms with Crippen LogP contribution >= 0.6 is 0 Å². The zero-order valence-electron chi connectivity index (χ0n) is 13.5. The number of methoxy groups -OCH3 is 2. The fourth-order valence-electron chi connectivity index (χ4n) is 3.36. The summed E-state index contributed by atoms with van der Waals surface area (Å²) in [5, 5.41) is 0. The van der Waals surface area contributed by atoms with Crippen LogP contribution in [0.5, 0.6) is 0 Å². The molecule has 0 amide bonds. The second-order valence-electron chi connectivity index (χ2n) is 6.31. The molecule has 2 atom stereocenters. The van der Waals surface area contributed by atoms with Crippen molar-refractivity contribution in [3.8, 4) is 0 Å². The molecular formula is C16H22N2O4. The third kappa shape index (κ3) is 2.36. The van der Waals surface area contributed by atoms with Crippen molar-refractivity contribution in [2.24, 2.45) is 0 Å². The van der Waals surface area contributed by atoms with Crippen LogP contribution in [-0.4, -0.2) is 50.5 Å². The van der Waals surface area contributed by atoms with Crippen molar-refractivity contribution in [2.75, 3.05) is 32.3 Å². The van der Waals surface area contributed by atoms with E-state index >= 15 is 0 Å². The lowest BCUT2D eigenvalue weighted by atomic mass is 9.97. The number of carbonyl (C=O) groups is 1. The van der Waals surface area contributed by atoms with Gasteiger partial charge in [-0.15, -0.1) is 0 Å². The summed E-state index contributed by atoms with van der Waals surface area (Å²) in [7, 11) is 3.39. The van der Waals surface area contributed by atoms with E-state index in [9.17, 15) is 4.79 Å². The predicted octanol–water partition coefficient (Wildman–Crippen LogP) is 1.73. The summed E-state index contributed by atoms with van der Waals surface area (Å²) < 4.78 is 16.3. The number of rotatable bonds is 4. The standard InChI is InChI=1S/C16H22N2O4/c1-16(2)12-5-6-17-14(13(12)15(19)22-16)18-8-11(21-4)7-10(18)9-20-3/h5-6,10-11H,7-9H2,1-4H3/t10-,11+/m0/s1. The van der Waals surface area contributed by atoms with Crippen LogP contribution < -0.4 is 4.90 Å². The number of aromatic nitrogens is 1. The predicted molar refractivity (Wildman–Crippen MR) is 81.1 cm³/mol. The van der Waals surface area contributed by atoms with Crippen molar-refractivity contribution in [3.63, 3.8) is 0 Å². The highest BCUT2D eigenvalue weighted by Crippen LogP contribution is 2.41. The Balaban J connectivity index is 2.02. The van der Waals surface area contributed by atoms with E-state index in [1.807, 2.05) is 19.9 Å². The van der Waals surface area contributed by atoms with Gasteiger partial charge in [0.25, 0.3) is 0 Å². The fraction of sp³-hybridized carbons (Fsp3) is 0.625. The Morgan fingerprint density at radius 1 is 1.45 bits per heavy atom. The van der Waals surface area contributed by atoms with Crippen LogP contribution in [0.1, 0.15) is 36.2 Å². The first-order valence-electron chi connectivity index (χ1n) is 7.49. The summed E-state index contributed by atoms with van der Waals surface area (Å²) in [5.41, 5.74) is 0.853. The molecule has 6 heteroatoms. The van der Waals surface area contributed by atoms with Gasteiger partial charge in [-0.25, -0.2) is 9.78 Å². The molecule has 6 nitrogen and oxygen atoms in total. The summed E-state index contributed by atoms with van der Waals surface area (Å²) in [4.78, 5) is 18.9. The Morgan fingerprint density at radius 2 is 2.23 bits per heavy atom. The third-order valence-electron chi connectivity index (χ3n) is 4.47. The number of fused-ring (bicyclic) bond motifs is 1. The molecule has 22 heavy (non-hydrogen) atoms. The molecule has 2 aliphatic rings. The van der Waals surface area contributed by atoms with Gasteiger partial charge in [0.15, 0.2) is 0 Å². The van der Waals surface area contributed by atoms with Gasteiger partial charge < -0.3 is 19.1 Å². The van der Waals surface area contributed by atoms with E-state index in [0.717, 1.165) is 12.0 Å². The van der Waals surface area contributed by atoms with Gasteiger partial charge in [0.05, 0.1) is 18.8 Å². The van der Waals surface area contributed by atoms with Gasteiger partial charge in [-0.3, -0.25) is 0 Å². The summed E-state index contributed by atoms with van der Waals surface area (Å²) in [5.74, 6) is 0.370. The van der Waals surface area contributed by atoms with Gasteiger partial charge in [-0.2, -0.15) is 0 Å². The average Bonchev–Trinajstić information content (AvgIpc) is 2.99. The van der Waals surface area contributed by atoms with Crippen LogP contribution in [0.15, 0.2) is 12.3 Å². The summed E-state index contributed by atoms with van der Waals surface area (Å²) >= 11 is 0. The van der Waals surface area contributed by atoms with E-state index < -0.39 is 5.60 Å². The number of pyridine rings is 1. The minimum absolute atomic E-state index is 0.114. The number of esters is 1. The maximum absolute atomic E-state index is 12.3. The molecule has 1 saturated heterocycles. The monoisotopic (exact) mass is 306 g/mol. The van der Waals surface area contributed by atoms with Crippen LogP contribution in [0.4, 0.5) is 5.82 Å². The molecule has 0 bridgehead atoms. The van der Waals surface area contributed by atoms with E-state index in [2.05, 4.69) is 9.88 Å². The number of carbonyl (C=O) groups excluding carboxylic acids is 1. The summed E-state index contributed by atoms with van der Waals surface area (Å²) in [6.07, 6.45) is 2.71. The first-order chi connectivity index (χ1) is 10.5. The highest BCUT2D eigenvalue weighted by molar-refractivity contribution is 5.99. The van der Waals surface area contributed by atoms with E-state index in [0.29, 0.717) is 24.5 Å². The molecule has 0 radical (unpaired) electrons. The minimum Gasteiger partial charge on any atom is -0.451 e. The van der Waals surface area contributed by atoms with Crippen LogP contribution in [0, 0.1) is 0 Å². The summed E-state index contributed by atoms with van der Waals surface area (Å²) in [6.45, 7) is 5.06. The molecule has 3 heterocycles. The lowest BCUT2D eigenvalue weighted by Gasteiger charge is -2.26. The van der Waals surface area contributed by atoms with Crippen molar-refractivity contribution < 1.29 is 19.0 Å². The SMILES string of the molecule is COC[C@@H]1C[C@@H](OC)CN1c1nccc2c1C(=O)OC2(C)C. The molecule has 1 fully saturated rings. The topological polar surface area (TPSA) is 60.9 Å². The van der Waals surface area contributed by atoms with Gasteiger partial charge in [-0.05, 0) is 26.3 Å². The zero-order chi connectivity index (χ0) is 15.9. The van der Waals surface area contributed by atoms with Gasteiger partial charge in [0.1, 0.15) is 17.0 Å². The highest BCUT2D eigenvalue weighted by atomic mass is 16.6. The van der Waals surface area contributed by atoms with Crippen molar-refractivity contribution in [1.29, 1.82) is 0 Å². The van der Waals surface area contributed by atoms with Crippen molar-refractivity contribution in [1.82, 2.24) is 4.98 Å². The number of anilines is 1. The van der Waals surface area contributed by atoms with Gasteiger partial charge >= 0.3 is 5.97 Å². The lowest BCUT2D eigenvalue weighted by Crippen LogP contribution is -2.35. The van der Waals surface area contributed by atoms with Crippen LogP contribution in [-0.2, 0) is 19.8 Å². The Bertz CT molecular complexity index is 588. The first kappa shape index (κ1) is 15.2. The normalized spacial score (nSPS) is 26.2. The molecule has 0 N–H and O–H groups in total. The van der Waals surface area contributed by atoms with E-state index in [4.69, 9.17) is 14.2 Å². The molecular weight excluding hydrogens is 284 g/mol. The largest absolute Gasteiger partial charge is 0.451 e. The Morgan fingerprint density at radius 3 is 2.91 bits per heavy atom. The molecule has 2 aliphatic heterocycles. The van der Waals surface area contributed by atoms with Gasteiger partial charge in [0.2, 0.25) is 0 Å². The number of hydrogen-bond acceptors (Lipinski definition) is 6. The molecule has 0 aromatic carbocycles.